The summed E-state index contributed by atoms with van der Waals surface area (Å²) in [5.41, 5.74) is 1.78. The Morgan fingerprint density at radius 1 is 1.07 bits per heavy atom. The molecular weight excluding hydrogens is 392 g/mol. The Labute approximate surface area is 172 Å². The maximum absolute atomic E-state index is 13.2. The van der Waals surface area contributed by atoms with Crippen LogP contribution in [0.5, 0.6) is 0 Å². The Balaban J connectivity index is 1.75. The summed E-state index contributed by atoms with van der Waals surface area (Å²) >= 11 is 5.94. The van der Waals surface area contributed by atoms with Gasteiger partial charge < -0.3 is 9.73 Å². The average Bonchev–Trinajstić information content (AvgIpc) is 2.89. The van der Waals surface area contributed by atoms with Gasteiger partial charge >= 0.3 is 11.7 Å². The number of rotatable bonds is 3. The number of benzene rings is 2. The van der Waals surface area contributed by atoms with Gasteiger partial charge in [0, 0.05) is 16.5 Å². The van der Waals surface area contributed by atoms with E-state index in [1.807, 2.05) is 26.0 Å². The third kappa shape index (κ3) is 3.09. The number of carbonyl (C=O) groups excluding carboxylic acids is 2. The van der Waals surface area contributed by atoms with Crippen LogP contribution in [-0.2, 0) is 16.9 Å². The van der Waals surface area contributed by atoms with E-state index in [4.69, 9.17) is 16.0 Å². The summed E-state index contributed by atoms with van der Waals surface area (Å²) in [6, 6.07) is 11.3. The molecule has 1 atom stereocenters. The Morgan fingerprint density at radius 2 is 1.76 bits per heavy atom. The van der Waals surface area contributed by atoms with E-state index in [-0.39, 0.29) is 6.54 Å². The van der Waals surface area contributed by atoms with Gasteiger partial charge in [0.05, 0.1) is 6.54 Å². The standard InChI is InChI=1S/C22H19ClN2O4/c1-12-4-9-17-14(10-18(26)29-19(17)13(12)2)11-25-20(27)22(3,24-21(25)28)15-5-7-16(23)8-6-15/h4-10H,11H2,1-3H3,(H,24,28). The molecule has 0 spiro atoms. The number of aryl methyl sites for hydroxylation is 2. The van der Waals surface area contributed by atoms with Gasteiger partial charge in [-0.25, -0.2) is 9.59 Å². The molecule has 4 rings (SSSR count). The van der Waals surface area contributed by atoms with Crippen molar-refractivity contribution < 1.29 is 14.0 Å². The fraction of sp³-hybridized carbons (Fsp3) is 0.227. The molecule has 1 fully saturated rings. The number of fused-ring (bicyclic) bond motifs is 1. The highest BCUT2D eigenvalue weighted by atomic mass is 35.5. The zero-order valence-corrected chi connectivity index (χ0v) is 17.0. The van der Waals surface area contributed by atoms with Gasteiger partial charge in [-0.05, 0) is 55.2 Å². The second-order valence-corrected chi connectivity index (χ2v) is 7.86. The van der Waals surface area contributed by atoms with Crippen LogP contribution in [0.3, 0.4) is 0 Å². The highest BCUT2D eigenvalue weighted by Gasteiger charge is 2.49. The van der Waals surface area contributed by atoms with Crippen LogP contribution in [0.2, 0.25) is 5.02 Å². The number of carbonyl (C=O) groups is 2. The third-order valence-electron chi connectivity index (χ3n) is 5.54. The van der Waals surface area contributed by atoms with Crippen molar-refractivity contribution in [2.75, 3.05) is 0 Å². The lowest BCUT2D eigenvalue weighted by Gasteiger charge is -2.22. The van der Waals surface area contributed by atoms with E-state index in [0.717, 1.165) is 16.0 Å². The van der Waals surface area contributed by atoms with Gasteiger partial charge in [-0.3, -0.25) is 9.69 Å². The first-order chi connectivity index (χ1) is 13.7. The highest BCUT2D eigenvalue weighted by molar-refractivity contribution is 6.30. The molecular formula is C22H19ClN2O4. The van der Waals surface area contributed by atoms with Crippen LogP contribution in [-0.4, -0.2) is 16.8 Å². The number of hydrogen-bond donors (Lipinski definition) is 1. The molecule has 1 aliphatic heterocycles. The number of nitrogens with zero attached hydrogens (tertiary/aromatic N) is 1. The minimum Gasteiger partial charge on any atom is -0.422 e. The summed E-state index contributed by atoms with van der Waals surface area (Å²) in [6.07, 6.45) is 0. The van der Waals surface area contributed by atoms with Gasteiger partial charge in [0.1, 0.15) is 11.1 Å². The van der Waals surface area contributed by atoms with Crippen LogP contribution in [0.4, 0.5) is 4.79 Å². The van der Waals surface area contributed by atoms with Crippen molar-refractivity contribution in [3.05, 3.63) is 80.2 Å². The van der Waals surface area contributed by atoms with Crippen LogP contribution in [0.15, 0.2) is 51.7 Å². The van der Waals surface area contributed by atoms with Gasteiger partial charge in [-0.1, -0.05) is 35.9 Å². The minimum absolute atomic E-state index is 0.0293. The molecule has 3 aromatic rings. The Hall–Kier alpha value is -3.12. The summed E-state index contributed by atoms with van der Waals surface area (Å²) in [5, 5.41) is 4.01. The third-order valence-corrected chi connectivity index (χ3v) is 5.79. The van der Waals surface area contributed by atoms with Crippen LogP contribution in [0.25, 0.3) is 11.0 Å². The van der Waals surface area contributed by atoms with Crippen LogP contribution < -0.4 is 10.9 Å². The maximum atomic E-state index is 13.2. The van der Waals surface area contributed by atoms with Crippen LogP contribution >= 0.6 is 11.6 Å². The zero-order valence-electron chi connectivity index (χ0n) is 16.2. The molecule has 2 heterocycles. The van der Waals surface area contributed by atoms with E-state index in [9.17, 15) is 14.4 Å². The van der Waals surface area contributed by atoms with Gasteiger partial charge in [0.25, 0.3) is 5.91 Å². The fourth-order valence-electron chi connectivity index (χ4n) is 3.65. The number of hydrogen-bond acceptors (Lipinski definition) is 4. The molecule has 29 heavy (non-hydrogen) atoms. The molecule has 2 aromatic carbocycles. The second-order valence-electron chi connectivity index (χ2n) is 7.43. The molecule has 1 unspecified atom stereocenters. The molecule has 1 saturated heterocycles. The van der Waals surface area contributed by atoms with Crippen molar-refractivity contribution in [2.45, 2.75) is 32.9 Å². The van der Waals surface area contributed by atoms with Crippen molar-refractivity contribution in [1.29, 1.82) is 0 Å². The predicted octanol–water partition coefficient (Wildman–Crippen LogP) is 4.03. The molecule has 0 radical (unpaired) electrons. The Morgan fingerprint density at radius 3 is 2.45 bits per heavy atom. The van der Waals surface area contributed by atoms with E-state index >= 15 is 0 Å². The fourth-order valence-corrected chi connectivity index (χ4v) is 3.77. The van der Waals surface area contributed by atoms with Gasteiger partial charge in [0.15, 0.2) is 0 Å². The number of nitrogens with one attached hydrogen (secondary N) is 1. The molecule has 0 saturated carbocycles. The SMILES string of the molecule is Cc1ccc2c(CN3C(=O)NC(C)(c4ccc(Cl)cc4)C3=O)cc(=O)oc2c1C. The lowest BCUT2D eigenvalue weighted by Crippen LogP contribution is -2.40. The zero-order chi connectivity index (χ0) is 20.9. The Kier molecular flexibility index (Phi) is 4.46. The molecule has 0 aliphatic carbocycles. The number of imide groups is 1. The lowest BCUT2D eigenvalue weighted by atomic mass is 9.92. The molecule has 3 amide bonds. The van der Waals surface area contributed by atoms with E-state index in [1.165, 1.54) is 6.07 Å². The monoisotopic (exact) mass is 410 g/mol. The Bertz CT molecular complexity index is 1220. The van der Waals surface area contributed by atoms with Gasteiger partial charge in [0.2, 0.25) is 0 Å². The number of halogens is 1. The molecule has 7 heteroatoms. The molecule has 148 valence electrons. The number of amides is 3. The maximum Gasteiger partial charge on any atom is 0.336 e. The van der Waals surface area contributed by atoms with Gasteiger partial charge in [-0.2, -0.15) is 0 Å². The normalized spacial score (nSPS) is 19.1. The lowest BCUT2D eigenvalue weighted by molar-refractivity contribution is -0.131. The minimum atomic E-state index is -1.20. The summed E-state index contributed by atoms with van der Waals surface area (Å²) in [5.74, 6) is -0.393. The van der Waals surface area contributed by atoms with Crippen LogP contribution in [0.1, 0.15) is 29.2 Å². The van der Waals surface area contributed by atoms with Crippen molar-refractivity contribution >= 4 is 34.5 Å². The predicted molar refractivity (Wildman–Crippen MR) is 110 cm³/mol. The van der Waals surface area contributed by atoms with Gasteiger partial charge in [-0.15, -0.1) is 0 Å². The average molecular weight is 411 g/mol. The summed E-state index contributed by atoms with van der Waals surface area (Å²) in [6.45, 7) is 5.42. The van der Waals surface area contributed by atoms with Crippen molar-refractivity contribution in [1.82, 2.24) is 10.2 Å². The first-order valence-electron chi connectivity index (χ1n) is 9.14. The van der Waals surface area contributed by atoms with Crippen molar-refractivity contribution in [3.63, 3.8) is 0 Å². The number of urea groups is 1. The van der Waals surface area contributed by atoms with E-state index < -0.39 is 23.1 Å². The van der Waals surface area contributed by atoms with Crippen LogP contribution in [0, 0.1) is 13.8 Å². The molecule has 1 aromatic heterocycles. The molecule has 6 nitrogen and oxygen atoms in total. The largest absolute Gasteiger partial charge is 0.422 e. The van der Waals surface area contributed by atoms with E-state index in [0.29, 0.717) is 27.1 Å². The first kappa shape index (κ1) is 19.2. The summed E-state index contributed by atoms with van der Waals surface area (Å²) in [7, 11) is 0. The van der Waals surface area contributed by atoms with E-state index in [1.54, 1.807) is 31.2 Å². The molecule has 0 bridgehead atoms. The smallest absolute Gasteiger partial charge is 0.336 e. The second kappa shape index (κ2) is 6.74. The van der Waals surface area contributed by atoms with E-state index in [2.05, 4.69) is 5.32 Å². The summed E-state index contributed by atoms with van der Waals surface area (Å²) in [4.78, 5) is 39.1. The highest BCUT2D eigenvalue weighted by Crippen LogP contribution is 2.32. The van der Waals surface area contributed by atoms with Crippen molar-refractivity contribution in [3.8, 4) is 0 Å². The molecule has 1 aliphatic rings. The topological polar surface area (TPSA) is 79.6 Å². The quantitative estimate of drug-likeness (QED) is 0.522. The molecule has 1 N–H and O–H groups in total. The van der Waals surface area contributed by atoms with Crippen molar-refractivity contribution in [2.24, 2.45) is 0 Å². The first-order valence-corrected chi connectivity index (χ1v) is 9.51. The summed E-state index contributed by atoms with van der Waals surface area (Å²) < 4.78 is 5.38.